The first-order valence-electron chi connectivity index (χ1n) is 4.00. The quantitative estimate of drug-likeness (QED) is 0.747. The molecule has 1 rings (SSSR count). The van der Waals surface area contributed by atoms with Gasteiger partial charge in [-0.2, -0.15) is 12.6 Å². The van der Waals surface area contributed by atoms with E-state index in [0.717, 1.165) is 10.6 Å². The highest BCUT2D eigenvalue weighted by atomic mass is 32.1. The summed E-state index contributed by atoms with van der Waals surface area (Å²) in [5.74, 6) is 0.635. The van der Waals surface area contributed by atoms with E-state index in [2.05, 4.69) is 22.9 Å². The molecule has 0 bridgehead atoms. The number of amides is 1. The molecule has 72 valence electrons. The van der Waals surface area contributed by atoms with Crippen LogP contribution < -0.4 is 5.32 Å². The number of nitrogens with zero attached hydrogens (tertiary/aromatic N) is 1. The van der Waals surface area contributed by atoms with E-state index in [1.54, 1.807) is 16.8 Å². The molecule has 0 aliphatic carbocycles. The van der Waals surface area contributed by atoms with Crippen LogP contribution in [-0.4, -0.2) is 16.6 Å². The Labute approximate surface area is 87.0 Å². The molecule has 0 atom stereocenters. The monoisotopic (exact) mass is 216 g/mol. The Bertz CT molecular complexity index is 285. The normalized spacial score (nSPS) is 10.0. The third kappa shape index (κ3) is 3.36. The van der Waals surface area contributed by atoms with Crippen molar-refractivity contribution >= 4 is 29.9 Å². The third-order valence-electron chi connectivity index (χ3n) is 1.63. The van der Waals surface area contributed by atoms with Crippen LogP contribution in [-0.2, 0) is 11.3 Å². The van der Waals surface area contributed by atoms with Crippen LogP contribution in [0.5, 0.6) is 0 Å². The van der Waals surface area contributed by atoms with Crippen molar-refractivity contribution in [3.63, 3.8) is 0 Å². The molecule has 0 unspecified atom stereocenters. The second kappa shape index (κ2) is 5.24. The van der Waals surface area contributed by atoms with Gasteiger partial charge in [0.25, 0.3) is 0 Å². The van der Waals surface area contributed by atoms with Gasteiger partial charge in [-0.25, -0.2) is 4.98 Å². The van der Waals surface area contributed by atoms with Crippen LogP contribution in [0.2, 0.25) is 0 Å². The van der Waals surface area contributed by atoms with E-state index in [9.17, 15) is 4.79 Å². The topological polar surface area (TPSA) is 42.0 Å². The number of rotatable bonds is 4. The molecule has 0 saturated heterocycles. The highest BCUT2D eigenvalue weighted by Gasteiger charge is 2.03. The highest BCUT2D eigenvalue weighted by molar-refractivity contribution is 7.80. The van der Waals surface area contributed by atoms with Gasteiger partial charge < -0.3 is 5.32 Å². The molecule has 1 N–H and O–H groups in total. The second-order valence-corrected chi connectivity index (χ2v) is 4.00. The minimum atomic E-state index is 0.0443. The summed E-state index contributed by atoms with van der Waals surface area (Å²) in [4.78, 5) is 16.3. The number of hydrogen-bond acceptors (Lipinski definition) is 4. The van der Waals surface area contributed by atoms with Crippen LogP contribution in [0, 0.1) is 6.92 Å². The Morgan fingerprint density at radius 1 is 1.77 bits per heavy atom. The molecule has 0 aliphatic rings. The Morgan fingerprint density at radius 2 is 2.54 bits per heavy atom. The number of nitrogens with one attached hydrogen (secondary N) is 1. The predicted octanol–water partition coefficient (Wildman–Crippen LogP) is 1.39. The Morgan fingerprint density at radius 3 is 3.08 bits per heavy atom. The molecule has 1 amide bonds. The number of thiol groups is 1. The molecule has 3 nitrogen and oxygen atoms in total. The van der Waals surface area contributed by atoms with Crippen molar-refractivity contribution in [1.82, 2.24) is 10.3 Å². The first-order chi connectivity index (χ1) is 6.24. The Balaban J connectivity index is 2.35. The molecule has 5 heteroatoms. The van der Waals surface area contributed by atoms with Gasteiger partial charge in [0.15, 0.2) is 0 Å². The van der Waals surface area contributed by atoms with Crippen molar-refractivity contribution < 1.29 is 4.79 Å². The lowest BCUT2D eigenvalue weighted by Gasteiger charge is -2.01. The van der Waals surface area contributed by atoms with Gasteiger partial charge >= 0.3 is 0 Å². The van der Waals surface area contributed by atoms with Crippen LogP contribution in [0.25, 0.3) is 0 Å². The van der Waals surface area contributed by atoms with Gasteiger partial charge in [0.05, 0.1) is 17.7 Å². The van der Waals surface area contributed by atoms with E-state index < -0.39 is 0 Å². The number of thiazole rings is 1. The second-order valence-electron chi connectivity index (χ2n) is 2.61. The zero-order chi connectivity index (χ0) is 9.68. The molecule has 0 saturated carbocycles. The zero-order valence-corrected chi connectivity index (χ0v) is 9.12. The van der Waals surface area contributed by atoms with E-state index in [-0.39, 0.29) is 5.91 Å². The summed E-state index contributed by atoms with van der Waals surface area (Å²) in [6.07, 6.45) is 0.473. The summed E-state index contributed by atoms with van der Waals surface area (Å²) < 4.78 is 0. The Hall–Kier alpha value is -0.550. The van der Waals surface area contributed by atoms with E-state index in [1.165, 1.54) is 0 Å². The smallest absolute Gasteiger partial charge is 0.221 e. The summed E-state index contributed by atoms with van der Waals surface area (Å²) in [5, 5.41) is 2.81. The fraction of sp³-hybridized carbons (Fsp3) is 0.500. The van der Waals surface area contributed by atoms with E-state index in [1.807, 2.05) is 6.92 Å². The fourth-order valence-corrected chi connectivity index (χ4v) is 1.78. The van der Waals surface area contributed by atoms with Gasteiger partial charge in [-0.05, 0) is 12.7 Å². The van der Waals surface area contributed by atoms with Gasteiger partial charge in [0.1, 0.15) is 0 Å². The number of aromatic nitrogens is 1. The summed E-state index contributed by atoms with van der Waals surface area (Å²) >= 11 is 5.54. The molecule has 1 heterocycles. The van der Waals surface area contributed by atoms with E-state index in [4.69, 9.17) is 0 Å². The zero-order valence-electron chi connectivity index (χ0n) is 7.41. The first kappa shape index (κ1) is 10.5. The summed E-state index contributed by atoms with van der Waals surface area (Å²) in [6, 6.07) is 0. The van der Waals surface area contributed by atoms with Crippen LogP contribution in [0.1, 0.15) is 17.0 Å². The SMILES string of the molecule is Cc1ncsc1CNC(=O)CCS. The number of carbonyl (C=O) groups excluding carboxylic acids is 1. The maximum absolute atomic E-state index is 11.1. The van der Waals surface area contributed by atoms with Crippen molar-refractivity contribution in [3.8, 4) is 0 Å². The maximum atomic E-state index is 11.1. The van der Waals surface area contributed by atoms with Crippen LogP contribution in [0.4, 0.5) is 0 Å². The van der Waals surface area contributed by atoms with Crippen molar-refractivity contribution in [2.45, 2.75) is 19.9 Å². The molecule has 0 aliphatic heterocycles. The van der Waals surface area contributed by atoms with Crippen LogP contribution in [0.3, 0.4) is 0 Å². The van der Waals surface area contributed by atoms with Gasteiger partial charge in [-0.15, -0.1) is 11.3 Å². The molecule has 0 radical (unpaired) electrons. The minimum absolute atomic E-state index is 0.0443. The lowest BCUT2D eigenvalue weighted by atomic mass is 10.4. The van der Waals surface area contributed by atoms with Crippen LogP contribution in [0.15, 0.2) is 5.51 Å². The predicted molar refractivity (Wildman–Crippen MR) is 57.2 cm³/mol. The summed E-state index contributed by atoms with van der Waals surface area (Å²) in [5.41, 5.74) is 2.78. The molecule has 0 spiro atoms. The van der Waals surface area contributed by atoms with Gasteiger partial charge in [-0.3, -0.25) is 4.79 Å². The summed E-state index contributed by atoms with van der Waals surface area (Å²) in [6.45, 7) is 2.53. The van der Waals surface area contributed by atoms with Crippen molar-refractivity contribution in [1.29, 1.82) is 0 Å². The largest absolute Gasteiger partial charge is 0.351 e. The van der Waals surface area contributed by atoms with Crippen LogP contribution >= 0.6 is 24.0 Å². The third-order valence-corrected chi connectivity index (χ3v) is 2.79. The van der Waals surface area contributed by atoms with Gasteiger partial charge in [0.2, 0.25) is 5.91 Å². The first-order valence-corrected chi connectivity index (χ1v) is 5.51. The van der Waals surface area contributed by atoms with Crippen molar-refractivity contribution in [2.24, 2.45) is 0 Å². The molecule has 0 fully saturated rings. The molecular weight excluding hydrogens is 204 g/mol. The van der Waals surface area contributed by atoms with Crippen molar-refractivity contribution in [3.05, 3.63) is 16.1 Å². The lowest BCUT2D eigenvalue weighted by molar-refractivity contribution is -0.120. The average Bonchev–Trinajstić information content (AvgIpc) is 2.48. The highest BCUT2D eigenvalue weighted by Crippen LogP contribution is 2.11. The minimum Gasteiger partial charge on any atom is -0.351 e. The molecular formula is C8H12N2OS2. The lowest BCUT2D eigenvalue weighted by Crippen LogP contribution is -2.22. The molecule has 13 heavy (non-hydrogen) atoms. The fourth-order valence-electron chi connectivity index (χ4n) is 0.865. The number of aryl methyl sites for hydroxylation is 1. The Kier molecular flexibility index (Phi) is 4.24. The van der Waals surface area contributed by atoms with E-state index >= 15 is 0 Å². The molecule has 0 aromatic carbocycles. The van der Waals surface area contributed by atoms with Crippen molar-refractivity contribution in [2.75, 3.05) is 5.75 Å². The number of hydrogen-bond donors (Lipinski definition) is 2. The average molecular weight is 216 g/mol. The molecule has 1 aromatic heterocycles. The van der Waals surface area contributed by atoms with Gasteiger partial charge in [0, 0.05) is 11.3 Å². The van der Waals surface area contributed by atoms with Gasteiger partial charge in [-0.1, -0.05) is 0 Å². The number of carbonyl (C=O) groups is 1. The molecule has 1 aromatic rings. The van der Waals surface area contributed by atoms with E-state index in [0.29, 0.717) is 18.7 Å². The standard InChI is InChI=1S/C8H12N2OS2/c1-6-7(13-5-10-6)4-9-8(11)2-3-12/h5,12H,2-4H2,1H3,(H,9,11). The summed E-state index contributed by atoms with van der Waals surface area (Å²) in [7, 11) is 0. The maximum Gasteiger partial charge on any atom is 0.221 e.